The third-order valence-corrected chi connectivity index (χ3v) is 4.13. The van der Waals surface area contributed by atoms with Gasteiger partial charge in [0.2, 0.25) is 0 Å². The first kappa shape index (κ1) is 19.1. The lowest BCUT2D eigenvalue weighted by Crippen LogP contribution is -2.26. The molecule has 1 aromatic heterocycles. The first-order valence-electron chi connectivity index (χ1n) is 9.09. The molecule has 3 rings (SSSR count). The Balaban J connectivity index is 1.58. The number of hydrogen-bond donors (Lipinski definition) is 2. The fourth-order valence-corrected chi connectivity index (χ4v) is 2.75. The smallest absolute Gasteiger partial charge is 0.270 e. The number of nitrogens with zero attached hydrogens (tertiary/aromatic N) is 3. The van der Waals surface area contributed by atoms with Crippen molar-refractivity contribution >= 4 is 17.4 Å². The molecule has 0 spiro atoms. The summed E-state index contributed by atoms with van der Waals surface area (Å²) in [5.41, 5.74) is 2.94. The van der Waals surface area contributed by atoms with Gasteiger partial charge in [0.1, 0.15) is 17.3 Å². The van der Waals surface area contributed by atoms with E-state index in [0.717, 1.165) is 18.5 Å². The number of hydrogen-bond acceptors (Lipinski definition) is 5. The van der Waals surface area contributed by atoms with Crippen molar-refractivity contribution in [3.8, 4) is 6.07 Å². The van der Waals surface area contributed by atoms with E-state index in [9.17, 15) is 4.79 Å². The van der Waals surface area contributed by atoms with Gasteiger partial charge in [0.05, 0.1) is 11.6 Å². The molecule has 0 fully saturated rings. The van der Waals surface area contributed by atoms with Crippen molar-refractivity contribution in [2.75, 3.05) is 11.9 Å². The molecule has 1 amide bonds. The van der Waals surface area contributed by atoms with Crippen LogP contribution in [0.15, 0.2) is 60.7 Å². The van der Waals surface area contributed by atoms with E-state index >= 15 is 0 Å². The number of anilines is 2. The molecule has 3 aromatic rings. The fourth-order valence-electron chi connectivity index (χ4n) is 2.75. The molecule has 0 aliphatic carbocycles. The van der Waals surface area contributed by atoms with Crippen LogP contribution in [0.1, 0.15) is 33.9 Å². The van der Waals surface area contributed by atoms with Gasteiger partial charge < -0.3 is 10.6 Å². The lowest BCUT2D eigenvalue weighted by atomic mass is 10.1. The Kier molecular flexibility index (Phi) is 6.32. The van der Waals surface area contributed by atoms with Gasteiger partial charge in [-0.05, 0) is 49.6 Å². The van der Waals surface area contributed by atoms with E-state index < -0.39 is 0 Å². The van der Waals surface area contributed by atoms with Crippen LogP contribution in [0.3, 0.4) is 0 Å². The number of nitrogens with one attached hydrogen (secondary N) is 2. The lowest BCUT2D eigenvalue weighted by Gasteiger charge is -2.09. The van der Waals surface area contributed by atoms with Crippen LogP contribution in [0, 0.1) is 18.3 Å². The molecule has 0 saturated carbocycles. The van der Waals surface area contributed by atoms with Crippen LogP contribution in [0.25, 0.3) is 0 Å². The monoisotopic (exact) mass is 371 g/mol. The fraction of sp³-hybridized carbons (Fsp3) is 0.182. The second-order valence-electron chi connectivity index (χ2n) is 6.34. The van der Waals surface area contributed by atoms with Crippen LogP contribution < -0.4 is 10.6 Å². The predicted octanol–water partition coefficient (Wildman–Crippen LogP) is 3.76. The average molecular weight is 371 g/mol. The third kappa shape index (κ3) is 5.39. The number of carbonyl (C=O) groups excluding carboxylic acids is 1. The molecule has 1 heterocycles. The Hall–Kier alpha value is -3.72. The van der Waals surface area contributed by atoms with E-state index in [1.807, 2.05) is 18.2 Å². The van der Waals surface area contributed by atoms with Crippen LogP contribution in [0.4, 0.5) is 11.5 Å². The molecule has 0 aliphatic rings. The van der Waals surface area contributed by atoms with Crippen molar-refractivity contribution < 1.29 is 4.79 Å². The van der Waals surface area contributed by atoms with Crippen LogP contribution in [0.5, 0.6) is 0 Å². The summed E-state index contributed by atoms with van der Waals surface area (Å²) in [6.07, 6.45) is 1.77. The second-order valence-corrected chi connectivity index (χ2v) is 6.34. The standard InChI is InChI=1S/C22H21N5O/c1-16-25-20(22(28)24-13-5-8-17-6-3-2-4-7-17)14-21(26-16)27-19-11-9-18(15-23)10-12-19/h2-4,6-7,9-12,14H,5,8,13H2,1H3,(H,24,28)(H,25,26,27). The Morgan fingerprint density at radius 2 is 1.82 bits per heavy atom. The number of benzene rings is 2. The zero-order valence-corrected chi connectivity index (χ0v) is 15.6. The van der Waals surface area contributed by atoms with Gasteiger partial charge in [0, 0.05) is 18.3 Å². The van der Waals surface area contributed by atoms with Crippen LogP contribution >= 0.6 is 0 Å². The summed E-state index contributed by atoms with van der Waals surface area (Å²) < 4.78 is 0. The maximum absolute atomic E-state index is 12.4. The SMILES string of the molecule is Cc1nc(Nc2ccc(C#N)cc2)cc(C(=O)NCCCc2ccccc2)n1. The summed E-state index contributed by atoms with van der Waals surface area (Å²) in [6, 6.07) is 20.9. The van der Waals surface area contributed by atoms with Crippen molar-refractivity contribution in [3.63, 3.8) is 0 Å². The van der Waals surface area contributed by atoms with E-state index in [4.69, 9.17) is 5.26 Å². The summed E-state index contributed by atoms with van der Waals surface area (Å²) in [5.74, 6) is 0.821. The Bertz CT molecular complexity index is 978. The third-order valence-electron chi connectivity index (χ3n) is 4.13. The zero-order valence-electron chi connectivity index (χ0n) is 15.6. The van der Waals surface area contributed by atoms with Gasteiger partial charge in [0.25, 0.3) is 5.91 Å². The minimum atomic E-state index is -0.221. The molecular formula is C22H21N5O. The number of aromatic nitrogens is 2. The van der Waals surface area contributed by atoms with E-state index in [1.165, 1.54) is 5.56 Å². The highest BCUT2D eigenvalue weighted by molar-refractivity contribution is 5.93. The van der Waals surface area contributed by atoms with Crippen molar-refractivity contribution in [2.45, 2.75) is 19.8 Å². The molecule has 140 valence electrons. The molecule has 28 heavy (non-hydrogen) atoms. The first-order valence-corrected chi connectivity index (χ1v) is 9.09. The summed E-state index contributed by atoms with van der Waals surface area (Å²) in [6.45, 7) is 2.32. The number of amides is 1. The largest absolute Gasteiger partial charge is 0.351 e. The van der Waals surface area contributed by atoms with Crippen LogP contribution in [-0.4, -0.2) is 22.4 Å². The average Bonchev–Trinajstić information content (AvgIpc) is 2.72. The molecule has 2 aromatic carbocycles. The molecule has 0 saturated heterocycles. The van der Waals surface area contributed by atoms with Gasteiger partial charge in [-0.25, -0.2) is 9.97 Å². The highest BCUT2D eigenvalue weighted by Crippen LogP contribution is 2.16. The predicted molar refractivity (Wildman–Crippen MR) is 108 cm³/mol. The van der Waals surface area contributed by atoms with Gasteiger partial charge in [0.15, 0.2) is 0 Å². The van der Waals surface area contributed by atoms with Crippen LogP contribution in [-0.2, 0) is 6.42 Å². The molecule has 6 heteroatoms. The van der Waals surface area contributed by atoms with Gasteiger partial charge in [-0.3, -0.25) is 4.79 Å². The molecular weight excluding hydrogens is 350 g/mol. The molecule has 0 aliphatic heterocycles. The molecule has 6 nitrogen and oxygen atoms in total. The Morgan fingerprint density at radius 1 is 1.07 bits per heavy atom. The van der Waals surface area contributed by atoms with Crippen molar-refractivity contribution in [2.24, 2.45) is 0 Å². The zero-order chi connectivity index (χ0) is 19.8. The highest BCUT2D eigenvalue weighted by Gasteiger charge is 2.10. The van der Waals surface area contributed by atoms with Gasteiger partial charge in [-0.15, -0.1) is 0 Å². The van der Waals surface area contributed by atoms with Gasteiger partial charge in [-0.2, -0.15) is 5.26 Å². The lowest BCUT2D eigenvalue weighted by molar-refractivity contribution is 0.0948. The Morgan fingerprint density at radius 3 is 2.54 bits per heavy atom. The van der Waals surface area contributed by atoms with E-state index in [1.54, 1.807) is 37.3 Å². The first-order chi connectivity index (χ1) is 13.6. The maximum atomic E-state index is 12.4. The minimum Gasteiger partial charge on any atom is -0.351 e. The number of carbonyl (C=O) groups is 1. The quantitative estimate of drug-likeness (QED) is 0.617. The molecule has 0 bridgehead atoms. The van der Waals surface area contributed by atoms with Crippen molar-refractivity contribution in [1.82, 2.24) is 15.3 Å². The molecule has 0 radical (unpaired) electrons. The second kappa shape index (κ2) is 9.28. The highest BCUT2D eigenvalue weighted by atomic mass is 16.1. The summed E-state index contributed by atoms with van der Waals surface area (Å²) in [4.78, 5) is 21.0. The van der Waals surface area contributed by atoms with E-state index in [2.05, 4.69) is 38.8 Å². The molecule has 0 atom stereocenters. The van der Waals surface area contributed by atoms with E-state index in [0.29, 0.717) is 29.4 Å². The summed E-state index contributed by atoms with van der Waals surface area (Å²) in [7, 11) is 0. The molecule has 0 unspecified atom stereocenters. The maximum Gasteiger partial charge on any atom is 0.270 e. The van der Waals surface area contributed by atoms with Gasteiger partial charge in [-0.1, -0.05) is 30.3 Å². The normalized spacial score (nSPS) is 10.1. The number of rotatable bonds is 7. The number of nitriles is 1. The summed E-state index contributed by atoms with van der Waals surface area (Å²) in [5, 5.41) is 14.9. The summed E-state index contributed by atoms with van der Waals surface area (Å²) >= 11 is 0. The van der Waals surface area contributed by atoms with Crippen LogP contribution in [0.2, 0.25) is 0 Å². The van der Waals surface area contributed by atoms with Gasteiger partial charge >= 0.3 is 0 Å². The van der Waals surface area contributed by atoms with Crippen molar-refractivity contribution in [1.29, 1.82) is 5.26 Å². The minimum absolute atomic E-state index is 0.221. The van der Waals surface area contributed by atoms with E-state index in [-0.39, 0.29) is 5.91 Å². The topological polar surface area (TPSA) is 90.7 Å². The molecule has 2 N–H and O–H groups in total. The van der Waals surface area contributed by atoms with Crippen molar-refractivity contribution in [3.05, 3.63) is 83.3 Å². The number of aryl methyl sites for hydroxylation is 2. The Labute approximate surface area is 164 Å².